The smallest absolute Gasteiger partial charge is 0.274 e. The highest BCUT2D eigenvalue weighted by molar-refractivity contribution is 5.92. The van der Waals surface area contributed by atoms with Gasteiger partial charge in [-0.2, -0.15) is 0 Å². The number of rotatable bonds is 5. The molecule has 1 amide bonds. The van der Waals surface area contributed by atoms with Crippen molar-refractivity contribution in [2.45, 2.75) is 19.8 Å². The number of nitrogens with zero attached hydrogens (tertiary/aromatic N) is 3. The molecule has 5 heteroatoms. The van der Waals surface area contributed by atoms with E-state index in [0.717, 1.165) is 37.4 Å². The lowest BCUT2D eigenvalue weighted by Gasteiger charge is -2.16. The second-order valence-electron chi connectivity index (χ2n) is 5.90. The summed E-state index contributed by atoms with van der Waals surface area (Å²) in [5, 5.41) is 0. The fraction of sp³-hybridized carbons (Fsp3) is 0.389. The van der Waals surface area contributed by atoms with Crippen molar-refractivity contribution in [1.29, 1.82) is 0 Å². The van der Waals surface area contributed by atoms with Crippen LogP contribution in [-0.2, 0) is 0 Å². The van der Waals surface area contributed by atoms with E-state index in [2.05, 4.69) is 9.97 Å². The summed E-state index contributed by atoms with van der Waals surface area (Å²) in [4.78, 5) is 22.6. The highest BCUT2D eigenvalue weighted by atomic mass is 16.5. The summed E-state index contributed by atoms with van der Waals surface area (Å²) in [6, 6.07) is 9.82. The van der Waals surface area contributed by atoms with Crippen LogP contribution in [-0.4, -0.2) is 40.5 Å². The van der Waals surface area contributed by atoms with Crippen LogP contribution in [0.1, 0.15) is 29.0 Å². The molecule has 0 aliphatic carbocycles. The number of aromatic nitrogens is 2. The monoisotopic (exact) mass is 311 g/mol. The number of para-hydroxylation sites is 1. The van der Waals surface area contributed by atoms with Crippen molar-refractivity contribution >= 4 is 5.91 Å². The van der Waals surface area contributed by atoms with Gasteiger partial charge in [0.2, 0.25) is 0 Å². The molecule has 0 spiro atoms. The Morgan fingerprint density at radius 1 is 1.26 bits per heavy atom. The Morgan fingerprint density at radius 3 is 2.83 bits per heavy atom. The number of likely N-dealkylation sites (tertiary alicyclic amines) is 1. The second kappa shape index (κ2) is 7.22. The molecule has 5 nitrogen and oxygen atoms in total. The van der Waals surface area contributed by atoms with Gasteiger partial charge in [-0.25, -0.2) is 4.98 Å². The van der Waals surface area contributed by atoms with Crippen LogP contribution in [0.3, 0.4) is 0 Å². The van der Waals surface area contributed by atoms with Crippen LogP contribution in [0.2, 0.25) is 0 Å². The van der Waals surface area contributed by atoms with E-state index in [9.17, 15) is 4.79 Å². The second-order valence-corrected chi connectivity index (χ2v) is 5.90. The third-order valence-corrected chi connectivity index (χ3v) is 4.11. The molecule has 23 heavy (non-hydrogen) atoms. The molecule has 2 aromatic rings. The van der Waals surface area contributed by atoms with Crippen LogP contribution in [0, 0.1) is 12.8 Å². The molecular formula is C18H21N3O2. The molecule has 1 fully saturated rings. The highest BCUT2D eigenvalue weighted by Gasteiger charge is 2.27. The Bertz CT molecular complexity index is 643. The minimum Gasteiger partial charge on any atom is -0.494 e. The number of carbonyl (C=O) groups is 1. The van der Waals surface area contributed by atoms with Crippen molar-refractivity contribution in [1.82, 2.24) is 14.9 Å². The van der Waals surface area contributed by atoms with Crippen molar-refractivity contribution < 1.29 is 9.53 Å². The molecule has 3 rings (SSSR count). The SMILES string of the molecule is Cc1cnc(C(=O)N2CCC(CCOc3ccccc3)C2)cn1. The van der Waals surface area contributed by atoms with Crippen LogP contribution in [0.5, 0.6) is 5.75 Å². The zero-order chi connectivity index (χ0) is 16.1. The Kier molecular flexibility index (Phi) is 4.86. The molecular weight excluding hydrogens is 290 g/mol. The van der Waals surface area contributed by atoms with Gasteiger partial charge >= 0.3 is 0 Å². The van der Waals surface area contributed by atoms with Crippen molar-refractivity contribution in [3.63, 3.8) is 0 Å². The van der Waals surface area contributed by atoms with E-state index in [0.29, 0.717) is 18.2 Å². The Balaban J connectivity index is 1.46. The molecule has 1 aliphatic rings. The summed E-state index contributed by atoms with van der Waals surface area (Å²) in [5.74, 6) is 1.36. The summed E-state index contributed by atoms with van der Waals surface area (Å²) in [6.45, 7) is 4.10. The summed E-state index contributed by atoms with van der Waals surface area (Å²) in [7, 11) is 0. The summed E-state index contributed by atoms with van der Waals surface area (Å²) in [5.41, 5.74) is 1.25. The first-order chi connectivity index (χ1) is 11.2. The highest BCUT2D eigenvalue weighted by Crippen LogP contribution is 2.21. The van der Waals surface area contributed by atoms with Gasteiger partial charge in [0.05, 0.1) is 18.5 Å². The first-order valence-electron chi connectivity index (χ1n) is 7.98. The first kappa shape index (κ1) is 15.5. The van der Waals surface area contributed by atoms with Crippen LogP contribution >= 0.6 is 0 Å². The van der Waals surface area contributed by atoms with Gasteiger partial charge in [-0.1, -0.05) is 18.2 Å². The molecule has 1 aliphatic heterocycles. The molecule has 0 N–H and O–H groups in total. The average molecular weight is 311 g/mol. The molecule has 0 bridgehead atoms. The number of carbonyl (C=O) groups excluding carboxylic acids is 1. The lowest BCUT2D eigenvalue weighted by molar-refractivity contribution is 0.0779. The van der Waals surface area contributed by atoms with Crippen LogP contribution in [0.25, 0.3) is 0 Å². The van der Waals surface area contributed by atoms with Gasteiger partial charge in [0.1, 0.15) is 11.4 Å². The molecule has 1 saturated heterocycles. The Morgan fingerprint density at radius 2 is 2.09 bits per heavy atom. The van der Waals surface area contributed by atoms with Crippen LogP contribution in [0.15, 0.2) is 42.7 Å². The number of hydrogen-bond acceptors (Lipinski definition) is 4. The zero-order valence-electron chi connectivity index (χ0n) is 13.3. The topological polar surface area (TPSA) is 55.3 Å². The minimum atomic E-state index is -0.0241. The van der Waals surface area contributed by atoms with Gasteiger partial charge in [-0.15, -0.1) is 0 Å². The molecule has 0 saturated carbocycles. The van der Waals surface area contributed by atoms with E-state index in [1.165, 1.54) is 0 Å². The third-order valence-electron chi connectivity index (χ3n) is 4.11. The van der Waals surface area contributed by atoms with Gasteiger partial charge in [0.15, 0.2) is 0 Å². The number of amides is 1. The summed E-state index contributed by atoms with van der Waals surface area (Å²) < 4.78 is 5.74. The average Bonchev–Trinajstić information content (AvgIpc) is 3.05. The van der Waals surface area contributed by atoms with E-state index in [4.69, 9.17) is 4.74 Å². The van der Waals surface area contributed by atoms with Crippen molar-refractivity contribution in [3.8, 4) is 5.75 Å². The molecule has 1 aromatic carbocycles. The van der Waals surface area contributed by atoms with E-state index in [1.54, 1.807) is 12.4 Å². The Hall–Kier alpha value is -2.43. The summed E-state index contributed by atoms with van der Waals surface area (Å²) >= 11 is 0. The fourth-order valence-electron chi connectivity index (χ4n) is 2.78. The van der Waals surface area contributed by atoms with E-state index >= 15 is 0 Å². The van der Waals surface area contributed by atoms with Gasteiger partial charge in [-0.3, -0.25) is 9.78 Å². The predicted molar refractivity (Wildman–Crippen MR) is 87.3 cm³/mol. The third kappa shape index (κ3) is 4.06. The molecule has 1 atom stereocenters. The van der Waals surface area contributed by atoms with Crippen LogP contribution < -0.4 is 4.74 Å². The quantitative estimate of drug-likeness (QED) is 0.852. The van der Waals surface area contributed by atoms with Gasteiger partial charge < -0.3 is 9.64 Å². The number of hydrogen-bond donors (Lipinski definition) is 0. The van der Waals surface area contributed by atoms with Crippen molar-refractivity contribution in [3.05, 3.63) is 54.1 Å². The fourth-order valence-corrected chi connectivity index (χ4v) is 2.78. The van der Waals surface area contributed by atoms with Gasteiger partial charge in [0.25, 0.3) is 5.91 Å². The number of ether oxygens (including phenoxy) is 1. The zero-order valence-corrected chi connectivity index (χ0v) is 13.3. The molecule has 120 valence electrons. The molecule has 2 heterocycles. The number of aryl methyl sites for hydroxylation is 1. The molecule has 1 unspecified atom stereocenters. The maximum absolute atomic E-state index is 12.4. The predicted octanol–water partition coefficient (Wildman–Crippen LogP) is 2.72. The number of benzene rings is 1. The maximum Gasteiger partial charge on any atom is 0.274 e. The van der Waals surface area contributed by atoms with E-state index < -0.39 is 0 Å². The van der Waals surface area contributed by atoms with E-state index in [-0.39, 0.29) is 5.91 Å². The first-order valence-corrected chi connectivity index (χ1v) is 7.98. The molecule has 0 radical (unpaired) electrons. The van der Waals surface area contributed by atoms with Crippen LogP contribution in [0.4, 0.5) is 0 Å². The Labute approximate surface area is 136 Å². The van der Waals surface area contributed by atoms with E-state index in [1.807, 2.05) is 42.2 Å². The van der Waals surface area contributed by atoms with Gasteiger partial charge in [0, 0.05) is 19.3 Å². The largest absolute Gasteiger partial charge is 0.494 e. The van der Waals surface area contributed by atoms with Crippen molar-refractivity contribution in [2.24, 2.45) is 5.92 Å². The normalized spacial score (nSPS) is 17.3. The standard InChI is InChI=1S/C18H21N3O2/c1-14-11-20-17(12-19-14)18(22)21-9-7-15(13-21)8-10-23-16-5-3-2-4-6-16/h2-6,11-12,15H,7-10,13H2,1H3. The van der Waals surface area contributed by atoms with Gasteiger partial charge in [-0.05, 0) is 37.8 Å². The maximum atomic E-state index is 12.4. The lowest BCUT2D eigenvalue weighted by Crippen LogP contribution is -2.29. The minimum absolute atomic E-state index is 0.0241. The molecule has 1 aromatic heterocycles. The lowest BCUT2D eigenvalue weighted by atomic mass is 10.1. The summed E-state index contributed by atoms with van der Waals surface area (Å²) in [6.07, 6.45) is 5.17. The van der Waals surface area contributed by atoms with Crippen molar-refractivity contribution in [2.75, 3.05) is 19.7 Å².